The van der Waals surface area contributed by atoms with E-state index in [1.54, 1.807) is 17.5 Å². The highest BCUT2D eigenvalue weighted by molar-refractivity contribution is 6.01. The Kier molecular flexibility index (Phi) is 4.18. The number of furan rings is 1. The van der Waals surface area contributed by atoms with Crippen molar-refractivity contribution in [2.24, 2.45) is 0 Å². The minimum atomic E-state index is -0.400. The molecular formula is C21H21FN4O2. The van der Waals surface area contributed by atoms with Crippen LogP contribution in [0.2, 0.25) is 0 Å². The zero-order valence-corrected chi connectivity index (χ0v) is 16.4. The summed E-state index contributed by atoms with van der Waals surface area (Å²) < 4.78 is 21.1. The molecule has 4 rings (SSSR count). The Bertz CT molecular complexity index is 1240. The molecule has 4 aromatic rings. The summed E-state index contributed by atoms with van der Waals surface area (Å²) in [6.07, 6.45) is 0. The Labute approximate surface area is 161 Å². The van der Waals surface area contributed by atoms with Crippen molar-refractivity contribution < 1.29 is 13.6 Å². The lowest BCUT2D eigenvalue weighted by molar-refractivity contribution is 0.0936. The lowest BCUT2D eigenvalue weighted by Crippen LogP contribution is -2.27. The Morgan fingerprint density at radius 1 is 1.21 bits per heavy atom. The normalized spacial score (nSPS) is 12.6. The van der Waals surface area contributed by atoms with Gasteiger partial charge in [0.1, 0.15) is 22.7 Å². The van der Waals surface area contributed by atoms with E-state index in [0.717, 1.165) is 17.0 Å². The zero-order valence-electron chi connectivity index (χ0n) is 16.4. The van der Waals surface area contributed by atoms with Crippen LogP contribution >= 0.6 is 0 Å². The molecule has 0 radical (unpaired) electrons. The van der Waals surface area contributed by atoms with Crippen molar-refractivity contribution in [3.63, 3.8) is 0 Å². The summed E-state index contributed by atoms with van der Waals surface area (Å²) in [5.41, 5.74) is 4.71. The number of halogens is 1. The van der Waals surface area contributed by atoms with Gasteiger partial charge in [0, 0.05) is 22.3 Å². The van der Waals surface area contributed by atoms with Gasteiger partial charge < -0.3 is 9.73 Å². The van der Waals surface area contributed by atoms with Crippen LogP contribution < -0.4 is 5.32 Å². The van der Waals surface area contributed by atoms with Gasteiger partial charge in [0.2, 0.25) is 0 Å². The van der Waals surface area contributed by atoms with Crippen molar-refractivity contribution in [3.05, 3.63) is 64.1 Å². The van der Waals surface area contributed by atoms with Crippen molar-refractivity contribution in [2.45, 2.75) is 40.7 Å². The Hall–Kier alpha value is -3.22. The van der Waals surface area contributed by atoms with E-state index in [9.17, 15) is 9.18 Å². The van der Waals surface area contributed by atoms with Crippen molar-refractivity contribution in [3.8, 4) is 0 Å². The van der Waals surface area contributed by atoms with Crippen LogP contribution in [0.3, 0.4) is 0 Å². The molecule has 1 unspecified atom stereocenters. The maximum Gasteiger partial charge on any atom is 0.257 e. The van der Waals surface area contributed by atoms with Crippen LogP contribution in [0.1, 0.15) is 51.7 Å². The monoisotopic (exact) mass is 380 g/mol. The van der Waals surface area contributed by atoms with Gasteiger partial charge in [-0.2, -0.15) is 5.10 Å². The highest BCUT2D eigenvalue weighted by atomic mass is 19.1. The molecule has 1 aromatic carbocycles. The summed E-state index contributed by atoms with van der Waals surface area (Å²) in [6.45, 7) is 9.30. The lowest BCUT2D eigenvalue weighted by Gasteiger charge is -2.12. The van der Waals surface area contributed by atoms with Crippen LogP contribution in [0.15, 0.2) is 28.7 Å². The van der Waals surface area contributed by atoms with Crippen LogP contribution in [0.25, 0.3) is 16.6 Å². The molecule has 28 heavy (non-hydrogen) atoms. The molecule has 3 heterocycles. The molecule has 0 saturated heterocycles. The number of carbonyl (C=O) groups excluding carboxylic acids is 1. The fourth-order valence-corrected chi connectivity index (χ4v) is 3.65. The molecule has 0 aliphatic rings. The highest BCUT2D eigenvalue weighted by Crippen LogP contribution is 2.30. The third-order valence-corrected chi connectivity index (χ3v) is 4.97. The number of nitrogens with one attached hydrogen (secondary N) is 1. The molecule has 6 nitrogen and oxygen atoms in total. The number of aryl methyl sites for hydroxylation is 4. The van der Waals surface area contributed by atoms with Gasteiger partial charge in [-0.25, -0.2) is 13.9 Å². The average molecular weight is 380 g/mol. The first-order chi connectivity index (χ1) is 13.3. The van der Waals surface area contributed by atoms with Gasteiger partial charge >= 0.3 is 0 Å². The molecule has 0 spiro atoms. The largest absolute Gasteiger partial charge is 0.459 e. The van der Waals surface area contributed by atoms with Crippen LogP contribution in [0.4, 0.5) is 4.39 Å². The quantitative estimate of drug-likeness (QED) is 0.574. The fraction of sp³-hybridized carbons (Fsp3) is 0.286. The number of carbonyl (C=O) groups is 1. The van der Waals surface area contributed by atoms with E-state index < -0.39 is 6.04 Å². The Morgan fingerprint density at radius 2 is 1.96 bits per heavy atom. The molecule has 1 amide bonds. The topological polar surface area (TPSA) is 72.4 Å². The molecular weight excluding hydrogens is 359 g/mol. The van der Waals surface area contributed by atoms with Gasteiger partial charge in [-0.3, -0.25) is 4.79 Å². The van der Waals surface area contributed by atoms with Gasteiger partial charge in [-0.05, 0) is 58.9 Å². The van der Waals surface area contributed by atoms with E-state index in [1.807, 2.05) is 33.8 Å². The summed E-state index contributed by atoms with van der Waals surface area (Å²) in [5.74, 6) is 0.00497. The van der Waals surface area contributed by atoms with Gasteiger partial charge in [-0.1, -0.05) is 0 Å². The van der Waals surface area contributed by atoms with Crippen molar-refractivity contribution >= 4 is 22.5 Å². The van der Waals surface area contributed by atoms with Gasteiger partial charge in [0.25, 0.3) is 5.91 Å². The van der Waals surface area contributed by atoms with Gasteiger partial charge in [0.05, 0.1) is 11.7 Å². The van der Waals surface area contributed by atoms with Gasteiger partial charge in [-0.15, -0.1) is 0 Å². The molecule has 0 saturated carbocycles. The van der Waals surface area contributed by atoms with E-state index in [2.05, 4.69) is 15.4 Å². The van der Waals surface area contributed by atoms with E-state index in [4.69, 9.17) is 4.42 Å². The second-order valence-corrected chi connectivity index (χ2v) is 7.16. The first-order valence-electron chi connectivity index (χ1n) is 9.09. The van der Waals surface area contributed by atoms with Crippen LogP contribution in [-0.2, 0) is 0 Å². The number of nitrogens with zero attached hydrogens (tertiary/aromatic N) is 3. The number of benzene rings is 1. The number of amides is 1. The molecule has 7 heteroatoms. The molecule has 144 valence electrons. The number of fused-ring (bicyclic) bond motifs is 2. The smallest absolute Gasteiger partial charge is 0.257 e. The molecule has 0 bridgehead atoms. The predicted octanol–water partition coefficient (Wildman–Crippen LogP) is 4.34. The molecule has 3 aromatic heterocycles. The summed E-state index contributed by atoms with van der Waals surface area (Å²) in [5, 5.41) is 8.12. The maximum absolute atomic E-state index is 13.6. The zero-order chi connectivity index (χ0) is 20.2. The first kappa shape index (κ1) is 18.2. The summed E-state index contributed by atoms with van der Waals surface area (Å²) in [6, 6.07) is 5.92. The number of hydrogen-bond donors (Lipinski definition) is 1. The van der Waals surface area contributed by atoms with Crippen molar-refractivity contribution in [1.82, 2.24) is 19.9 Å². The van der Waals surface area contributed by atoms with Crippen molar-refractivity contribution in [1.29, 1.82) is 0 Å². The second kappa shape index (κ2) is 6.44. The molecule has 1 atom stereocenters. The summed E-state index contributed by atoms with van der Waals surface area (Å²) in [7, 11) is 0. The molecule has 0 aliphatic carbocycles. The average Bonchev–Trinajstić information content (AvgIpc) is 3.12. The summed E-state index contributed by atoms with van der Waals surface area (Å²) in [4.78, 5) is 17.5. The fourth-order valence-electron chi connectivity index (χ4n) is 3.65. The number of rotatable bonds is 3. The third kappa shape index (κ3) is 2.83. The van der Waals surface area contributed by atoms with Crippen LogP contribution in [-0.4, -0.2) is 20.5 Å². The predicted molar refractivity (Wildman–Crippen MR) is 104 cm³/mol. The first-order valence-corrected chi connectivity index (χ1v) is 9.09. The minimum Gasteiger partial charge on any atom is -0.459 e. The SMILES string of the molecule is Cc1cc(C)n2nc(C)c(C(=O)NC(C)c3oc4ccc(F)cc4c3C)c2n1. The van der Waals surface area contributed by atoms with Crippen molar-refractivity contribution in [2.75, 3.05) is 0 Å². The Morgan fingerprint density at radius 3 is 2.71 bits per heavy atom. The second-order valence-electron chi connectivity index (χ2n) is 7.16. The minimum absolute atomic E-state index is 0.275. The number of hydrogen-bond acceptors (Lipinski definition) is 4. The summed E-state index contributed by atoms with van der Waals surface area (Å²) >= 11 is 0. The molecule has 1 N–H and O–H groups in total. The molecule has 0 fully saturated rings. The standard InChI is InChI=1S/C21H21FN4O2/c1-10-8-11(2)26-20(23-10)18(13(4)25-26)21(27)24-14(5)19-12(3)16-9-15(22)6-7-17(16)28-19/h6-9,14H,1-5H3,(H,24,27). The van der Waals surface area contributed by atoms with Crippen LogP contribution in [0, 0.1) is 33.5 Å². The van der Waals surface area contributed by atoms with E-state index >= 15 is 0 Å². The van der Waals surface area contributed by atoms with E-state index in [1.165, 1.54) is 12.1 Å². The highest BCUT2D eigenvalue weighted by Gasteiger charge is 2.24. The van der Waals surface area contributed by atoms with E-state index in [-0.39, 0.29) is 11.7 Å². The number of aromatic nitrogens is 3. The maximum atomic E-state index is 13.6. The third-order valence-electron chi connectivity index (χ3n) is 4.97. The van der Waals surface area contributed by atoms with E-state index in [0.29, 0.717) is 33.6 Å². The van der Waals surface area contributed by atoms with Crippen LogP contribution in [0.5, 0.6) is 0 Å². The molecule has 0 aliphatic heterocycles. The van der Waals surface area contributed by atoms with Gasteiger partial charge in [0.15, 0.2) is 5.65 Å². The Balaban J connectivity index is 1.70. The lowest BCUT2D eigenvalue weighted by atomic mass is 10.1.